The lowest BCUT2D eigenvalue weighted by molar-refractivity contribution is -0.335. The average molecular weight is 869 g/mol. The van der Waals surface area contributed by atoms with Gasteiger partial charge in [-0.25, -0.2) is 4.79 Å². The fourth-order valence-corrected chi connectivity index (χ4v) is 10.0. The molecule has 0 unspecified atom stereocenters. The molecule has 0 radical (unpaired) electrons. The van der Waals surface area contributed by atoms with Gasteiger partial charge in [0.05, 0.1) is 54.9 Å². The summed E-state index contributed by atoms with van der Waals surface area (Å²) in [6, 6.07) is 0. The van der Waals surface area contributed by atoms with Gasteiger partial charge in [0.1, 0.15) is 6.10 Å². The number of hydrogen-bond donors (Lipinski definition) is 1. The van der Waals surface area contributed by atoms with Crippen LogP contribution in [-0.2, 0) is 47.4 Å². The van der Waals surface area contributed by atoms with Gasteiger partial charge in [0, 0.05) is 44.6 Å². The zero-order valence-electron chi connectivity index (χ0n) is 39.7. The highest BCUT2D eigenvalue weighted by atomic mass is 16.7. The van der Waals surface area contributed by atoms with Crippen LogP contribution >= 0.6 is 0 Å². The van der Waals surface area contributed by atoms with Gasteiger partial charge in [-0.2, -0.15) is 0 Å². The van der Waals surface area contributed by atoms with Crippen LogP contribution in [0.3, 0.4) is 0 Å². The molecular formula is C51H80O11. The summed E-state index contributed by atoms with van der Waals surface area (Å²) < 4.78 is 57.5. The molecular weight excluding hydrogens is 789 g/mol. The number of hydrogen-bond acceptors (Lipinski definition) is 11. The van der Waals surface area contributed by atoms with Gasteiger partial charge in [-0.05, 0) is 99.3 Å². The molecule has 1 N–H and O–H groups in total. The SMILES string of the molecule is CC(C)[C@@H]1OC(=O)/C=C/C=C/C=C/C=C/C=C/C=C/C[C@@H]2C[C@@H](C[C@H]3C[C@@H](C[C@@H]4C[C@@H](C[C@@H](O)C[C@@H]5C[C@H](CC[C@@H]1C)OC(C)(C)O5)OC(C)(C)O4)OC(C)(C)O3)OC(C)(C)O2. The Balaban J connectivity index is 1.29. The second-order valence-corrected chi connectivity index (χ2v) is 20.3. The van der Waals surface area contributed by atoms with Gasteiger partial charge >= 0.3 is 5.97 Å². The van der Waals surface area contributed by atoms with E-state index in [4.69, 9.17) is 42.6 Å². The maximum Gasteiger partial charge on any atom is 0.331 e. The zero-order valence-corrected chi connectivity index (χ0v) is 39.7. The summed E-state index contributed by atoms with van der Waals surface area (Å²) in [5.74, 6) is -3.16. The summed E-state index contributed by atoms with van der Waals surface area (Å²) in [4.78, 5) is 12.8. The van der Waals surface area contributed by atoms with E-state index in [0.29, 0.717) is 32.1 Å². The summed E-state index contributed by atoms with van der Waals surface area (Å²) in [5, 5.41) is 11.5. The van der Waals surface area contributed by atoms with E-state index in [9.17, 15) is 9.90 Å². The van der Waals surface area contributed by atoms with E-state index in [-0.39, 0.29) is 72.7 Å². The van der Waals surface area contributed by atoms with Crippen molar-refractivity contribution in [3.63, 3.8) is 0 Å². The molecule has 350 valence electrons. The second-order valence-electron chi connectivity index (χ2n) is 20.3. The molecule has 0 aromatic rings. The summed E-state index contributed by atoms with van der Waals surface area (Å²) in [7, 11) is 0. The quantitative estimate of drug-likeness (QED) is 0.254. The lowest BCUT2D eigenvalue weighted by Gasteiger charge is -2.47. The number of carbonyl (C=O) groups is 1. The number of cyclic esters (lactones) is 1. The van der Waals surface area contributed by atoms with Crippen molar-refractivity contribution in [2.75, 3.05) is 0 Å². The lowest BCUT2D eigenvalue weighted by atomic mass is 9.88. The predicted molar refractivity (Wildman–Crippen MR) is 241 cm³/mol. The first-order chi connectivity index (χ1) is 29.1. The lowest BCUT2D eigenvalue weighted by Crippen LogP contribution is -2.51. The van der Waals surface area contributed by atoms with E-state index in [1.54, 1.807) is 6.08 Å². The van der Waals surface area contributed by atoms with Crippen molar-refractivity contribution in [3.8, 4) is 0 Å². The number of fused-ring (bicyclic) bond motifs is 8. The summed E-state index contributed by atoms with van der Waals surface area (Å²) in [6.45, 7) is 22.0. The van der Waals surface area contributed by atoms with E-state index in [1.807, 2.05) is 110 Å². The van der Waals surface area contributed by atoms with Gasteiger partial charge < -0.3 is 47.7 Å². The third kappa shape index (κ3) is 17.5. The Morgan fingerprint density at radius 1 is 0.484 bits per heavy atom. The van der Waals surface area contributed by atoms with Crippen molar-refractivity contribution in [1.29, 1.82) is 0 Å². The van der Waals surface area contributed by atoms with Crippen LogP contribution in [0, 0.1) is 11.8 Å². The van der Waals surface area contributed by atoms with Gasteiger partial charge in [0.25, 0.3) is 0 Å². The van der Waals surface area contributed by atoms with Gasteiger partial charge in [0.15, 0.2) is 23.1 Å². The molecule has 11 atom stereocenters. The first kappa shape index (κ1) is 50.5. The fourth-order valence-electron chi connectivity index (χ4n) is 10.0. The third-order valence-corrected chi connectivity index (χ3v) is 12.0. The van der Waals surface area contributed by atoms with Crippen molar-refractivity contribution in [2.24, 2.45) is 11.8 Å². The minimum Gasteiger partial charge on any atom is -0.459 e. The second kappa shape index (κ2) is 22.6. The number of carbonyl (C=O) groups excluding carboxylic acids is 1. The minimum atomic E-state index is -0.815. The number of ether oxygens (including phenoxy) is 9. The molecule has 0 aromatic carbocycles. The number of allylic oxidation sites excluding steroid dienone is 10. The summed E-state index contributed by atoms with van der Waals surface area (Å²) >= 11 is 0. The fraction of sp³-hybridized carbons (Fsp3) is 0.745. The van der Waals surface area contributed by atoms with E-state index >= 15 is 0 Å². The van der Waals surface area contributed by atoms with E-state index in [2.05, 4.69) is 26.8 Å². The van der Waals surface area contributed by atoms with Gasteiger partial charge in [-0.3, -0.25) is 0 Å². The molecule has 11 heteroatoms. The highest BCUT2D eigenvalue weighted by molar-refractivity contribution is 5.82. The molecule has 0 saturated carbocycles. The highest BCUT2D eigenvalue weighted by Gasteiger charge is 2.44. The molecule has 11 nitrogen and oxygen atoms in total. The van der Waals surface area contributed by atoms with Crippen molar-refractivity contribution in [3.05, 3.63) is 72.9 Å². The Labute approximate surface area is 373 Å². The molecule has 5 rings (SSSR count). The topological polar surface area (TPSA) is 120 Å². The Bertz CT molecular complexity index is 1590. The monoisotopic (exact) mass is 869 g/mol. The molecule has 4 fully saturated rings. The summed E-state index contributed by atoms with van der Waals surface area (Å²) in [5.41, 5.74) is 0. The van der Waals surface area contributed by atoms with Crippen LogP contribution in [0.4, 0.5) is 0 Å². The van der Waals surface area contributed by atoms with Crippen molar-refractivity contribution < 1.29 is 52.5 Å². The van der Waals surface area contributed by atoms with E-state index in [0.717, 1.165) is 38.5 Å². The standard InChI is InChI=1S/C51H80O11/c1-35(2)47-36(3)25-26-39-30-40(57-49(6,7)56-39)27-37(52)28-41-31-43(60-50(8,9)58-41)33-45-34-44(61-51(10,11)62-45)32-42-29-38(55-48(4,5)59-42)23-21-19-17-15-13-12-14-16-18-20-22-24-46(53)54-47/h12-22,24,35-45,47,52H,23,25-34H2,1-11H3/b13-12+,16-14+,17-15+,20-18+,21-19+,24-22+/t36-,37-,38+,39-,40+,41+,42-,43-,44-,45+,47-/m0/s1. The van der Waals surface area contributed by atoms with Crippen LogP contribution in [0.1, 0.15) is 147 Å². The van der Waals surface area contributed by atoms with Crippen LogP contribution < -0.4 is 0 Å². The average Bonchev–Trinajstić information content (AvgIpc) is 3.11. The molecule has 5 aliphatic rings. The number of aliphatic hydroxyl groups excluding tert-OH is 1. The molecule has 4 saturated heterocycles. The number of rotatable bonds is 1. The first-order valence-corrected chi connectivity index (χ1v) is 23.4. The van der Waals surface area contributed by atoms with Gasteiger partial charge in [-0.1, -0.05) is 87.6 Å². The minimum absolute atomic E-state index is 0.0197. The Kier molecular flexibility index (Phi) is 18.5. The van der Waals surface area contributed by atoms with Crippen LogP contribution in [-0.4, -0.2) is 95.3 Å². The maximum atomic E-state index is 12.8. The normalized spacial score (nSPS) is 40.8. The Hall–Kier alpha value is -2.45. The molecule has 8 bridgehead atoms. The van der Waals surface area contributed by atoms with E-state index in [1.165, 1.54) is 6.08 Å². The van der Waals surface area contributed by atoms with Crippen LogP contribution in [0.25, 0.3) is 0 Å². The zero-order chi connectivity index (χ0) is 45.1. The molecule has 0 aliphatic carbocycles. The largest absolute Gasteiger partial charge is 0.459 e. The molecule has 0 spiro atoms. The molecule has 5 aliphatic heterocycles. The van der Waals surface area contributed by atoms with Gasteiger partial charge in [-0.15, -0.1) is 0 Å². The van der Waals surface area contributed by atoms with Gasteiger partial charge in [0.2, 0.25) is 0 Å². The first-order valence-electron chi connectivity index (χ1n) is 23.4. The van der Waals surface area contributed by atoms with Crippen molar-refractivity contribution >= 4 is 5.97 Å². The Morgan fingerprint density at radius 2 is 0.823 bits per heavy atom. The number of aliphatic hydroxyl groups is 1. The Morgan fingerprint density at radius 3 is 1.26 bits per heavy atom. The predicted octanol–water partition coefficient (Wildman–Crippen LogP) is 10.3. The molecule has 0 amide bonds. The van der Waals surface area contributed by atoms with Crippen LogP contribution in [0.15, 0.2) is 72.9 Å². The van der Waals surface area contributed by atoms with Crippen molar-refractivity contribution in [1.82, 2.24) is 0 Å². The maximum absolute atomic E-state index is 12.8. The summed E-state index contributed by atoms with van der Waals surface area (Å²) in [6.07, 6.45) is 28.9. The van der Waals surface area contributed by atoms with Crippen LogP contribution in [0.2, 0.25) is 0 Å². The number of esters is 1. The van der Waals surface area contributed by atoms with Crippen LogP contribution in [0.5, 0.6) is 0 Å². The molecule has 5 heterocycles. The highest BCUT2D eigenvalue weighted by Crippen LogP contribution is 2.39. The molecule has 0 aromatic heterocycles. The third-order valence-electron chi connectivity index (χ3n) is 12.0. The van der Waals surface area contributed by atoms with Crippen molar-refractivity contribution in [2.45, 2.75) is 231 Å². The molecule has 62 heavy (non-hydrogen) atoms. The smallest absolute Gasteiger partial charge is 0.331 e. The van der Waals surface area contributed by atoms with E-state index < -0.39 is 29.3 Å².